The van der Waals surface area contributed by atoms with E-state index in [-0.39, 0.29) is 17.9 Å². The molecule has 1 aliphatic rings. The second-order valence-electron chi connectivity index (χ2n) is 6.71. The molecule has 4 N–H and O–H groups in total. The Hall–Kier alpha value is -2.04. The van der Waals surface area contributed by atoms with Crippen molar-refractivity contribution in [2.24, 2.45) is 0 Å². The Bertz CT molecular complexity index is 988. The summed E-state index contributed by atoms with van der Waals surface area (Å²) in [5, 5.41) is 26.1. The molecule has 1 aromatic carbocycles. The number of anilines is 3. The number of aliphatic hydroxyl groups excluding tert-OH is 1. The number of aromatic nitrogens is 4. The van der Waals surface area contributed by atoms with Crippen LogP contribution in [0.2, 0.25) is 0 Å². The number of benzene rings is 1. The Kier molecular flexibility index (Phi) is 5.61. The number of fused-ring (bicyclic) bond motifs is 1. The predicted octanol–water partition coefficient (Wildman–Crippen LogP) is 4.11. The topological polar surface area (TPSA) is 116 Å². The summed E-state index contributed by atoms with van der Waals surface area (Å²) in [6, 6.07) is 3.74. The molecule has 3 aromatic rings. The lowest BCUT2D eigenvalue weighted by Crippen LogP contribution is -2.28. The summed E-state index contributed by atoms with van der Waals surface area (Å²) in [4.78, 5) is 17.5. The van der Waals surface area contributed by atoms with Crippen molar-refractivity contribution in [1.82, 2.24) is 19.9 Å². The fourth-order valence-electron chi connectivity index (χ4n) is 3.19. The Labute approximate surface area is 178 Å². The van der Waals surface area contributed by atoms with E-state index in [9.17, 15) is 10.2 Å². The molecule has 1 aliphatic carbocycles. The maximum absolute atomic E-state index is 9.89. The molecule has 28 heavy (non-hydrogen) atoms. The van der Waals surface area contributed by atoms with Crippen molar-refractivity contribution in [1.29, 1.82) is 0 Å². The second-order valence-corrected chi connectivity index (χ2v) is 8.42. The van der Waals surface area contributed by atoms with E-state index in [1.807, 2.05) is 0 Å². The molecule has 0 unspecified atom stereocenters. The van der Waals surface area contributed by atoms with Crippen LogP contribution in [0.15, 0.2) is 33.6 Å². The summed E-state index contributed by atoms with van der Waals surface area (Å²) in [6.07, 6.45) is 6.25. The average molecular weight is 510 g/mol. The summed E-state index contributed by atoms with van der Waals surface area (Å²) >= 11 is 6.65. The SMILES string of the molecule is Oc1c(Br)cc(Nc2ncnc3cnc(N[C@H]4CC[C@H](O)CC4)nc23)cc1Br. The van der Waals surface area contributed by atoms with Crippen LogP contribution in [0.1, 0.15) is 25.7 Å². The van der Waals surface area contributed by atoms with E-state index in [2.05, 4.69) is 62.4 Å². The van der Waals surface area contributed by atoms with Crippen molar-refractivity contribution in [2.75, 3.05) is 10.6 Å². The highest BCUT2D eigenvalue weighted by atomic mass is 79.9. The van der Waals surface area contributed by atoms with Crippen molar-refractivity contribution in [3.05, 3.63) is 33.6 Å². The molecule has 0 spiro atoms. The molecule has 8 nitrogen and oxygen atoms in total. The zero-order chi connectivity index (χ0) is 19.7. The van der Waals surface area contributed by atoms with E-state index in [0.717, 1.165) is 31.4 Å². The lowest BCUT2D eigenvalue weighted by molar-refractivity contribution is 0.126. The van der Waals surface area contributed by atoms with Crippen molar-refractivity contribution >= 4 is 60.3 Å². The quantitative estimate of drug-likeness (QED) is 0.388. The molecular weight excluding hydrogens is 492 g/mol. The van der Waals surface area contributed by atoms with Gasteiger partial charge in [-0.3, -0.25) is 0 Å². The van der Waals surface area contributed by atoms with Crippen LogP contribution >= 0.6 is 31.9 Å². The van der Waals surface area contributed by atoms with Crippen molar-refractivity contribution in [3.63, 3.8) is 0 Å². The van der Waals surface area contributed by atoms with Gasteiger partial charge in [0, 0.05) is 11.7 Å². The van der Waals surface area contributed by atoms with E-state index in [1.165, 1.54) is 6.33 Å². The van der Waals surface area contributed by atoms with Crippen LogP contribution in [0.5, 0.6) is 5.75 Å². The molecule has 0 radical (unpaired) electrons. The Morgan fingerprint density at radius 3 is 2.43 bits per heavy atom. The van der Waals surface area contributed by atoms with E-state index in [4.69, 9.17) is 0 Å². The fourth-order valence-corrected chi connectivity index (χ4v) is 4.38. The third-order valence-electron chi connectivity index (χ3n) is 4.69. The highest BCUT2D eigenvalue weighted by Crippen LogP contribution is 2.36. The van der Waals surface area contributed by atoms with Gasteiger partial charge in [0.1, 0.15) is 23.1 Å². The van der Waals surface area contributed by atoms with Gasteiger partial charge in [-0.05, 0) is 69.7 Å². The van der Waals surface area contributed by atoms with Gasteiger partial charge in [-0.15, -0.1) is 0 Å². The van der Waals surface area contributed by atoms with Crippen LogP contribution in [0, 0.1) is 0 Å². The standard InChI is InChI=1S/C18H18Br2N6O2/c19-12-5-10(6-13(20)16(12)28)24-17-15-14(22-8-23-17)7-21-18(26-15)25-9-1-3-11(27)4-2-9/h5-9,11,27-28H,1-4H2,(H,21,25,26)(H,22,23,24)/t9-,11-. The average Bonchev–Trinajstić information content (AvgIpc) is 2.68. The number of phenolic OH excluding ortho intramolecular Hbond substituents is 1. The third kappa shape index (κ3) is 4.18. The van der Waals surface area contributed by atoms with Crippen LogP contribution in [0.25, 0.3) is 11.0 Å². The number of phenols is 1. The predicted molar refractivity (Wildman–Crippen MR) is 114 cm³/mol. The van der Waals surface area contributed by atoms with Crippen LogP contribution in [-0.4, -0.2) is 42.3 Å². The highest BCUT2D eigenvalue weighted by Gasteiger charge is 2.20. The Morgan fingerprint density at radius 2 is 1.71 bits per heavy atom. The van der Waals surface area contributed by atoms with Gasteiger partial charge in [0.05, 0.1) is 21.2 Å². The number of nitrogens with one attached hydrogen (secondary N) is 2. The van der Waals surface area contributed by atoms with Crippen LogP contribution in [-0.2, 0) is 0 Å². The van der Waals surface area contributed by atoms with Crippen LogP contribution in [0.4, 0.5) is 17.5 Å². The first-order chi connectivity index (χ1) is 13.5. The first-order valence-corrected chi connectivity index (χ1v) is 10.5. The molecule has 2 heterocycles. The lowest BCUT2D eigenvalue weighted by atomic mass is 9.93. The molecule has 10 heteroatoms. The minimum absolute atomic E-state index is 0.129. The maximum Gasteiger partial charge on any atom is 0.223 e. The van der Waals surface area contributed by atoms with Crippen molar-refractivity contribution < 1.29 is 10.2 Å². The van der Waals surface area contributed by atoms with Gasteiger partial charge in [-0.2, -0.15) is 0 Å². The van der Waals surface area contributed by atoms with Gasteiger partial charge in [0.2, 0.25) is 5.95 Å². The summed E-state index contributed by atoms with van der Waals surface area (Å²) in [7, 11) is 0. The molecule has 2 aromatic heterocycles. The molecular formula is C18H18Br2N6O2. The number of aromatic hydroxyl groups is 1. The van der Waals surface area contributed by atoms with Crippen molar-refractivity contribution in [2.45, 2.75) is 37.8 Å². The number of aliphatic hydroxyl groups is 1. The first kappa shape index (κ1) is 19.3. The lowest BCUT2D eigenvalue weighted by Gasteiger charge is -2.26. The molecule has 1 saturated carbocycles. The molecule has 146 valence electrons. The number of halogens is 2. The third-order valence-corrected chi connectivity index (χ3v) is 5.90. The van der Waals surface area contributed by atoms with E-state index in [0.29, 0.717) is 31.7 Å². The Balaban J connectivity index is 1.61. The minimum atomic E-state index is -0.205. The number of nitrogens with zero attached hydrogens (tertiary/aromatic N) is 4. The van der Waals surface area contributed by atoms with Gasteiger partial charge in [0.25, 0.3) is 0 Å². The van der Waals surface area contributed by atoms with Gasteiger partial charge < -0.3 is 20.8 Å². The van der Waals surface area contributed by atoms with E-state index in [1.54, 1.807) is 18.3 Å². The van der Waals surface area contributed by atoms with Gasteiger partial charge in [-0.25, -0.2) is 19.9 Å². The number of hydrogen-bond donors (Lipinski definition) is 4. The largest absolute Gasteiger partial charge is 0.506 e. The van der Waals surface area contributed by atoms with Gasteiger partial charge in [0.15, 0.2) is 5.82 Å². The molecule has 4 rings (SSSR count). The van der Waals surface area contributed by atoms with Gasteiger partial charge in [-0.1, -0.05) is 0 Å². The summed E-state index contributed by atoms with van der Waals surface area (Å²) < 4.78 is 1.11. The zero-order valence-electron chi connectivity index (χ0n) is 14.7. The molecule has 0 aliphatic heterocycles. The molecule has 1 fully saturated rings. The second kappa shape index (κ2) is 8.14. The monoisotopic (exact) mass is 508 g/mol. The summed E-state index contributed by atoms with van der Waals surface area (Å²) in [5.74, 6) is 1.18. The van der Waals surface area contributed by atoms with Crippen LogP contribution in [0.3, 0.4) is 0 Å². The fraction of sp³-hybridized carbons (Fsp3) is 0.333. The van der Waals surface area contributed by atoms with Crippen LogP contribution < -0.4 is 10.6 Å². The summed E-state index contributed by atoms with van der Waals surface area (Å²) in [6.45, 7) is 0. The molecule has 0 saturated heterocycles. The maximum atomic E-state index is 9.89. The summed E-state index contributed by atoms with van der Waals surface area (Å²) in [5.41, 5.74) is 1.95. The normalized spacial score (nSPS) is 19.5. The van der Waals surface area contributed by atoms with E-state index >= 15 is 0 Å². The molecule has 0 atom stereocenters. The van der Waals surface area contributed by atoms with E-state index < -0.39 is 0 Å². The number of hydrogen-bond acceptors (Lipinski definition) is 8. The number of rotatable bonds is 4. The smallest absolute Gasteiger partial charge is 0.223 e. The van der Waals surface area contributed by atoms with Gasteiger partial charge >= 0.3 is 0 Å². The minimum Gasteiger partial charge on any atom is -0.506 e. The molecule has 0 amide bonds. The Morgan fingerprint density at radius 1 is 1.00 bits per heavy atom. The van der Waals surface area contributed by atoms with Crippen molar-refractivity contribution in [3.8, 4) is 5.75 Å². The highest BCUT2D eigenvalue weighted by molar-refractivity contribution is 9.11. The first-order valence-electron chi connectivity index (χ1n) is 8.87. The molecule has 0 bridgehead atoms. The zero-order valence-corrected chi connectivity index (χ0v) is 17.9.